The van der Waals surface area contributed by atoms with Crippen molar-refractivity contribution in [3.8, 4) is 0 Å². The van der Waals surface area contributed by atoms with Crippen LogP contribution in [0.15, 0.2) is 0 Å². The lowest BCUT2D eigenvalue weighted by atomic mass is 9.67. The number of hydrogen-bond acceptors (Lipinski definition) is 2. The Hall–Kier alpha value is -0.570. The van der Waals surface area contributed by atoms with Gasteiger partial charge in [-0.15, -0.1) is 0 Å². The lowest BCUT2D eigenvalue weighted by Gasteiger charge is -2.41. The molecule has 0 rings (SSSR count). The zero-order chi connectivity index (χ0) is 28.2. The van der Waals surface area contributed by atoms with Crippen molar-refractivity contribution in [3.05, 3.63) is 0 Å². The van der Waals surface area contributed by atoms with Crippen LogP contribution < -0.4 is 11.3 Å². The fraction of sp³-hybridized carbons (Fsp3) is 0.972. The summed E-state index contributed by atoms with van der Waals surface area (Å²) in [7, 11) is 0. The molecular weight excluding hydrogens is 478 g/mol. The van der Waals surface area contributed by atoms with E-state index in [-0.39, 0.29) is 12.1 Å². The van der Waals surface area contributed by atoms with Gasteiger partial charge in [0.15, 0.2) is 0 Å². The molecule has 0 bridgehead atoms. The number of carbonyl (C=O) groups is 1. The molecule has 0 saturated heterocycles. The first-order chi connectivity index (χ1) is 18.6. The molecule has 0 fully saturated rings. The second-order valence-corrected chi connectivity index (χ2v) is 12.6. The highest BCUT2D eigenvalue weighted by atomic mass is 16.4. The minimum Gasteiger partial charge on any atom is -0.550 e. The van der Waals surface area contributed by atoms with E-state index in [0.717, 1.165) is 32.1 Å². The van der Waals surface area contributed by atoms with Crippen LogP contribution in [0.5, 0.6) is 0 Å². The highest BCUT2D eigenvalue weighted by Crippen LogP contribution is 2.41. The van der Waals surface area contributed by atoms with Gasteiger partial charge in [-0.05, 0) is 25.2 Å². The van der Waals surface area contributed by atoms with E-state index in [0.29, 0.717) is 0 Å². The lowest BCUT2D eigenvalue weighted by molar-refractivity contribution is -0.323. The van der Waals surface area contributed by atoms with Crippen LogP contribution in [0.2, 0.25) is 0 Å². The summed E-state index contributed by atoms with van der Waals surface area (Å²) >= 11 is 0. The second kappa shape index (κ2) is 30.4. The van der Waals surface area contributed by atoms with Crippen molar-refractivity contribution in [2.75, 3.05) is 0 Å². The topological polar surface area (TPSA) is 76.6 Å². The van der Waals surface area contributed by atoms with Crippen molar-refractivity contribution in [2.24, 2.45) is 11.3 Å². The van der Waals surface area contributed by atoms with Gasteiger partial charge >= 0.3 is 0 Å². The van der Waals surface area contributed by atoms with E-state index < -0.39 is 11.4 Å². The van der Waals surface area contributed by atoms with E-state index in [1.54, 1.807) is 0 Å². The predicted octanol–water partition coefficient (Wildman–Crippen LogP) is 12.1. The monoisotopic (exact) mass is 554 g/mol. The molecule has 0 radical (unpaired) electrons. The number of carboxylic acids is 1. The predicted molar refractivity (Wildman–Crippen MR) is 174 cm³/mol. The van der Waals surface area contributed by atoms with Crippen LogP contribution in [0, 0.1) is 11.3 Å². The van der Waals surface area contributed by atoms with Gasteiger partial charge in [-0.2, -0.15) is 0 Å². The maximum Gasteiger partial charge on any atom is 0.0478 e. The van der Waals surface area contributed by atoms with Crippen LogP contribution in [-0.2, 0) is 4.79 Å². The molecule has 39 heavy (non-hydrogen) atoms. The molecule has 0 aliphatic rings. The van der Waals surface area contributed by atoms with Gasteiger partial charge in [0.05, 0.1) is 0 Å². The molecule has 0 aliphatic carbocycles. The summed E-state index contributed by atoms with van der Waals surface area (Å²) in [6.45, 7) is 8.85. The van der Waals surface area contributed by atoms with Gasteiger partial charge in [-0.25, -0.2) is 0 Å². The molecule has 0 spiro atoms. The van der Waals surface area contributed by atoms with E-state index in [4.69, 9.17) is 0 Å². The SMILES string of the molecule is CCCCCCCCCCCCCCCC(CC)C(CC)(CCCCCCCCCCCCCC)C(=O)[O-].[NH4+]. The zero-order valence-corrected chi connectivity index (χ0v) is 27.9. The number of quaternary nitrogens is 1. The summed E-state index contributed by atoms with van der Waals surface area (Å²) in [6, 6.07) is 0. The van der Waals surface area contributed by atoms with E-state index in [1.807, 2.05) is 0 Å². The highest BCUT2D eigenvalue weighted by molar-refractivity contribution is 5.72. The molecule has 0 aliphatic heterocycles. The van der Waals surface area contributed by atoms with Crippen molar-refractivity contribution in [2.45, 2.75) is 214 Å². The number of rotatable bonds is 31. The van der Waals surface area contributed by atoms with E-state index >= 15 is 0 Å². The molecule has 0 saturated carbocycles. The summed E-state index contributed by atoms with van der Waals surface area (Å²) in [5.41, 5.74) is -0.607. The summed E-state index contributed by atoms with van der Waals surface area (Å²) in [4.78, 5) is 12.4. The third-order valence-electron chi connectivity index (χ3n) is 9.44. The molecule has 2 atom stereocenters. The normalized spacial score (nSPS) is 13.6. The first-order valence-corrected chi connectivity index (χ1v) is 17.8. The Morgan fingerprint density at radius 3 is 1.10 bits per heavy atom. The number of unbranched alkanes of at least 4 members (excludes halogenated alkanes) is 23. The molecule has 3 heteroatoms. The Morgan fingerprint density at radius 2 is 0.821 bits per heavy atom. The number of carbonyl (C=O) groups excluding carboxylic acids is 1. The standard InChI is InChI=1S/C36H72O2.H3N/c1-5-9-11-13-15-17-19-21-22-24-26-28-30-32-34(7-3)36(8-4,35(37)38)33-31-29-27-25-23-20-18-16-14-12-10-6-2;/h34H,5-33H2,1-4H3,(H,37,38);1H3. The third kappa shape index (κ3) is 21.8. The zero-order valence-electron chi connectivity index (χ0n) is 27.9. The summed E-state index contributed by atoms with van der Waals surface area (Å²) in [6.07, 6.45) is 37.2. The van der Waals surface area contributed by atoms with E-state index in [1.165, 1.54) is 154 Å². The molecule has 0 heterocycles. The van der Waals surface area contributed by atoms with Gasteiger partial charge in [0.2, 0.25) is 0 Å². The lowest BCUT2D eigenvalue weighted by Crippen LogP contribution is -2.47. The molecule has 0 aromatic carbocycles. The van der Waals surface area contributed by atoms with Gasteiger partial charge in [-0.3, -0.25) is 0 Å². The molecular formula is C36H75NO2. The minimum absolute atomic E-state index is 0. The van der Waals surface area contributed by atoms with E-state index in [2.05, 4.69) is 27.7 Å². The smallest absolute Gasteiger partial charge is 0.0478 e. The Labute approximate surface area is 247 Å². The number of hydrogen-bond donors (Lipinski definition) is 1. The average molecular weight is 554 g/mol. The molecule has 4 N–H and O–H groups in total. The Balaban J connectivity index is 0. The van der Waals surface area contributed by atoms with Crippen molar-refractivity contribution in [3.63, 3.8) is 0 Å². The maximum atomic E-state index is 12.4. The Bertz CT molecular complexity index is 494. The molecule has 0 aromatic heterocycles. The van der Waals surface area contributed by atoms with Gasteiger partial charge in [0.25, 0.3) is 0 Å². The third-order valence-corrected chi connectivity index (χ3v) is 9.44. The summed E-state index contributed by atoms with van der Waals surface area (Å²) in [5.74, 6) is -0.498. The van der Waals surface area contributed by atoms with Crippen LogP contribution in [0.4, 0.5) is 0 Å². The largest absolute Gasteiger partial charge is 0.550 e. The highest BCUT2D eigenvalue weighted by Gasteiger charge is 2.36. The first-order valence-electron chi connectivity index (χ1n) is 17.8. The summed E-state index contributed by atoms with van der Waals surface area (Å²) < 4.78 is 0. The van der Waals surface area contributed by atoms with Crippen LogP contribution in [-0.4, -0.2) is 5.97 Å². The molecule has 3 nitrogen and oxygen atoms in total. The van der Waals surface area contributed by atoms with Crippen molar-refractivity contribution in [1.29, 1.82) is 0 Å². The average Bonchev–Trinajstić information content (AvgIpc) is 2.92. The van der Waals surface area contributed by atoms with Crippen LogP contribution >= 0.6 is 0 Å². The molecule has 0 amide bonds. The fourth-order valence-electron chi connectivity index (χ4n) is 6.64. The Morgan fingerprint density at radius 1 is 0.513 bits per heavy atom. The minimum atomic E-state index is -0.774. The van der Waals surface area contributed by atoms with Crippen LogP contribution in [0.1, 0.15) is 214 Å². The van der Waals surface area contributed by atoms with Crippen molar-refractivity contribution < 1.29 is 9.90 Å². The Kier molecular flexibility index (Phi) is 31.6. The van der Waals surface area contributed by atoms with Gasteiger partial charge in [-0.1, -0.05) is 195 Å². The molecule has 2 unspecified atom stereocenters. The molecule has 0 aromatic rings. The number of aliphatic carboxylic acids is 1. The van der Waals surface area contributed by atoms with E-state index in [9.17, 15) is 9.90 Å². The van der Waals surface area contributed by atoms with Gasteiger partial charge in [0.1, 0.15) is 0 Å². The van der Waals surface area contributed by atoms with Crippen molar-refractivity contribution >= 4 is 5.97 Å². The molecule has 236 valence electrons. The van der Waals surface area contributed by atoms with Crippen LogP contribution in [0.25, 0.3) is 0 Å². The van der Waals surface area contributed by atoms with Gasteiger partial charge in [0, 0.05) is 11.4 Å². The summed E-state index contributed by atoms with van der Waals surface area (Å²) in [5, 5.41) is 12.4. The van der Waals surface area contributed by atoms with Crippen molar-refractivity contribution in [1.82, 2.24) is 6.15 Å². The maximum absolute atomic E-state index is 12.4. The van der Waals surface area contributed by atoms with Gasteiger partial charge < -0.3 is 16.1 Å². The quantitative estimate of drug-likeness (QED) is 0.0866. The number of carboxylic acid groups (broad SMARTS) is 1. The first kappa shape index (κ1) is 40.6. The second-order valence-electron chi connectivity index (χ2n) is 12.6. The van der Waals surface area contributed by atoms with Crippen LogP contribution in [0.3, 0.4) is 0 Å². The fourth-order valence-corrected chi connectivity index (χ4v) is 6.64.